The number of anilines is 2. The van der Waals surface area contributed by atoms with E-state index in [1.54, 1.807) is 25.1 Å². The van der Waals surface area contributed by atoms with Crippen molar-refractivity contribution in [2.24, 2.45) is 0 Å². The molecule has 0 atom stereocenters. The van der Waals surface area contributed by atoms with Crippen LogP contribution in [-0.2, 0) is 16.0 Å². The van der Waals surface area contributed by atoms with Gasteiger partial charge in [0.05, 0.1) is 12.8 Å². The third-order valence-electron chi connectivity index (χ3n) is 3.86. The van der Waals surface area contributed by atoms with E-state index in [4.69, 9.17) is 4.74 Å². The summed E-state index contributed by atoms with van der Waals surface area (Å²) in [5.41, 5.74) is 3.31. The van der Waals surface area contributed by atoms with Gasteiger partial charge in [0.25, 0.3) is 5.91 Å². The number of methoxy groups -OCH3 is 1. The molecule has 2 amide bonds. The Balaban J connectivity index is 1.85. The summed E-state index contributed by atoms with van der Waals surface area (Å²) in [4.78, 5) is 38.6. The highest BCUT2D eigenvalue weighted by atomic mass is 16.5. The zero-order valence-corrected chi connectivity index (χ0v) is 13.4. The number of amides is 2. The molecular weight excluding hydrogens is 310 g/mol. The van der Waals surface area contributed by atoms with Crippen molar-refractivity contribution < 1.29 is 19.1 Å². The van der Waals surface area contributed by atoms with E-state index in [-0.39, 0.29) is 17.5 Å². The van der Waals surface area contributed by atoms with Crippen molar-refractivity contribution in [2.75, 3.05) is 17.7 Å². The fourth-order valence-corrected chi connectivity index (χ4v) is 2.66. The van der Waals surface area contributed by atoms with E-state index in [2.05, 4.69) is 15.6 Å². The number of carbonyl (C=O) groups excluding carboxylic acids is 3. The highest BCUT2D eigenvalue weighted by molar-refractivity contribution is 6.08. The SMILES string of the molecule is COC(=O)c1[nH]c(C)cc1NC(=O)c1ccc2c(c1)NC(=O)CC2. The molecule has 0 spiro atoms. The average molecular weight is 327 g/mol. The molecule has 24 heavy (non-hydrogen) atoms. The number of H-pyrrole nitrogens is 1. The molecule has 1 aliphatic rings. The van der Waals surface area contributed by atoms with Crippen LogP contribution in [-0.4, -0.2) is 29.9 Å². The monoisotopic (exact) mass is 327 g/mol. The molecule has 0 saturated carbocycles. The number of nitrogens with one attached hydrogen (secondary N) is 3. The van der Waals surface area contributed by atoms with Crippen LogP contribution in [0.15, 0.2) is 24.3 Å². The number of aromatic nitrogens is 1. The zero-order valence-electron chi connectivity index (χ0n) is 13.4. The largest absolute Gasteiger partial charge is 0.464 e. The predicted molar refractivity (Wildman–Crippen MR) is 88.2 cm³/mol. The summed E-state index contributed by atoms with van der Waals surface area (Å²) in [5, 5.41) is 5.46. The van der Waals surface area contributed by atoms with Crippen LogP contribution in [0.1, 0.15) is 38.5 Å². The van der Waals surface area contributed by atoms with Gasteiger partial charge < -0.3 is 20.4 Å². The number of benzene rings is 1. The van der Waals surface area contributed by atoms with Gasteiger partial charge in [0.1, 0.15) is 5.69 Å². The van der Waals surface area contributed by atoms with Crippen LogP contribution in [0, 0.1) is 6.92 Å². The third kappa shape index (κ3) is 3.01. The third-order valence-corrected chi connectivity index (χ3v) is 3.86. The molecule has 0 bridgehead atoms. The van der Waals surface area contributed by atoms with Gasteiger partial charge in [0.15, 0.2) is 0 Å². The highest BCUT2D eigenvalue weighted by Crippen LogP contribution is 2.25. The summed E-state index contributed by atoms with van der Waals surface area (Å²) in [7, 11) is 1.27. The lowest BCUT2D eigenvalue weighted by Gasteiger charge is -2.17. The second-order valence-electron chi connectivity index (χ2n) is 5.61. The Hall–Kier alpha value is -3.09. The quantitative estimate of drug-likeness (QED) is 0.753. The van der Waals surface area contributed by atoms with Crippen molar-refractivity contribution in [3.8, 4) is 0 Å². The molecular formula is C17H17N3O4. The number of rotatable bonds is 3. The molecule has 2 heterocycles. The van der Waals surface area contributed by atoms with Gasteiger partial charge in [-0.25, -0.2) is 4.79 Å². The van der Waals surface area contributed by atoms with Gasteiger partial charge in [-0.2, -0.15) is 0 Å². The number of esters is 1. The van der Waals surface area contributed by atoms with Crippen LogP contribution in [0.2, 0.25) is 0 Å². The standard InChI is InChI=1S/C17H17N3O4/c1-9-7-13(15(18-9)17(23)24-2)20-16(22)11-4-3-10-5-6-14(21)19-12(10)8-11/h3-4,7-8,18H,5-6H2,1-2H3,(H,19,21)(H,20,22). The number of carbonyl (C=O) groups is 3. The maximum atomic E-state index is 12.5. The molecule has 0 saturated heterocycles. The normalized spacial score (nSPS) is 13.0. The smallest absolute Gasteiger partial charge is 0.356 e. The fraction of sp³-hybridized carbons (Fsp3) is 0.235. The van der Waals surface area contributed by atoms with Crippen LogP contribution in [0.3, 0.4) is 0 Å². The minimum atomic E-state index is -0.559. The van der Waals surface area contributed by atoms with Crippen LogP contribution >= 0.6 is 0 Å². The average Bonchev–Trinajstić information content (AvgIpc) is 2.93. The number of aryl methyl sites for hydroxylation is 2. The molecule has 3 N–H and O–H groups in total. The first-order valence-electron chi connectivity index (χ1n) is 7.50. The van der Waals surface area contributed by atoms with Gasteiger partial charge in [0, 0.05) is 23.4 Å². The van der Waals surface area contributed by atoms with Crippen LogP contribution in [0.5, 0.6) is 0 Å². The minimum Gasteiger partial charge on any atom is -0.464 e. The Morgan fingerprint density at radius 3 is 2.75 bits per heavy atom. The van der Waals surface area contributed by atoms with E-state index in [1.165, 1.54) is 7.11 Å². The predicted octanol–water partition coefficient (Wildman–Crippen LogP) is 2.25. The molecule has 7 nitrogen and oxygen atoms in total. The van der Waals surface area contributed by atoms with Gasteiger partial charge in [-0.05, 0) is 37.1 Å². The fourth-order valence-electron chi connectivity index (χ4n) is 2.66. The van der Waals surface area contributed by atoms with Gasteiger partial charge in [-0.1, -0.05) is 6.07 Å². The molecule has 1 aromatic heterocycles. The zero-order chi connectivity index (χ0) is 17.3. The van der Waals surface area contributed by atoms with Gasteiger partial charge in [-0.15, -0.1) is 0 Å². The van der Waals surface area contributed by atoms with Crippen molar-refractivity contribution in [1.82, 2.24) is 4.98 Å². The summed E-state index contributed by atoms with van der Waals surface area (Å²) >= 11 is 0. The maximum absolute atomic E-state index is 12.5. The number of aromatic amines is 1. The van der Waals surface area contributed by atoms with Crippen molar-refractivity contribution in [3.05, 3.63) is 46.8 Å². The molecule has 0 aliphatic carbocycles. The molecule has 1 aromatic carbocycles. The first-order chi connectivity index (χ1) is 11.5. The topological polar surface area (TPSA) is 100 Å². The second kappa shape index (κ2) is 6.19. The Bertz CT molecular complexity index is 838. The van der Waals surface area contributed by atoms with Crippen molar-refractivity contribution in [1.29, 1.82) is 0 Å². The van der Waals surface area contributed by atoms with E-state index in [9.17, 15) is 14.4 Å². The van der Waals surface area contributed by atoms with Crippen LogP contribution < -0.4 is 10.6 Å². The van der Waals surface area contributed by atoms with E-state index >= 15 is 0 Å². The first kappa shape index (κ1) is 15.8. The minimum absolute atomic E-state index is 0.0608. The van der Waals surface area contributed by atoms with Crippen molar-refractivity contribution in [2.45, 2.75) is 19.8 Å². The number of hydrogen-bond donors (Lipinski definition) is 3. The molecule has 0 unspecified atom stereocenters. The summed E-state index contributed by atoms with van der Waals surface area (Å²) < 4.78 is 4.69. The number of fused-ring (bicyclic) bond motifs is 1. The maximum Gasteiger partial charge on any atom is 0.356 e. The Morgan fingerprint density at radius 2 is 2.00 bits per heavy atom. The molecule has 0 radical (unpaired) electrons. The Morgan fingerprint density at radius 1 is 1.21 bits per heavy atom. The second-order valence-corrected chi connectivity index (χ2v) is 5.61. The molecule has 1 aliphatic heterocycles. The van der Waals surface area contributed by atoms with Crippen LogP contribution in [0.4, 0.5) is 11.4 Å². The van der Waals surface area contributed by atoms with E-state index < -0.39 is 5.97 Å². The lowest BCUT2D eigenvalue weighted by atomic mass is 10.0. The Labute approximate surface area is 138 Å². The first-order valence-corrected chi connectivity index (χ1v) is 7.50. The Kier molecular flexibility index (Phi) is 4.07. The summed E-state index contributed by atoms with van der Waals surface area (Å²) in [6, 6.07) is 6.82. The van der Waals surface area contributed by atoms with Crippen molar-refractivity contribution >= 4 is 29.2 Å². The van der Waals surface area contributed by atoms with E-state index in [0.29, 0.717) is 29.8 Å². The van der Waals surface area contributed by atoms with E-state index in [1.807, 2.05) is 6.07 Å². The molecule has 124 valence electrons. The molecule has 3 rings (SSSR count). The highest BCUT2D eigenvalue weighted by Gasteiger charge is 2.20. The molecule has 0 fully saturated rings. The van der Waals surface area contributed by atoms with Gasteiger partial charge >= 0.3 is 5.97 Å². The van der Waals surface area contributed by atoms with Crippen molar-refractivity contribution in [3.63, 3.8) is 0 Å². The van der Waals surface area contributed by atoms with E-state index in [0.717, 1.165) is 11.3 Å². The van der Waals surface area contributed by atoms with Gasteiger partial charge in [0.2, 0.25) is 5.91 Å². The van der Waals surface area contributed by atoms with Crippen LogP contribution in [0.25, 0.3) is 0 Å². The number of hydrogen-bond acceptors (Lipinski definition) is 4. The lowest BCUT2D eigenvalue weighted by molar-refractivity contribution is -0.116. The number of ether oxygens (including phenoxy) is 1. The molecule has 2 aromatic rings. The van der Waals surface area contributed by atoms with Gasteiger partial charge in [-0.3, -0.25) is 9.59 Å². The molecule has 7 heteroatoms. The summed E-state index contributed by atoms with van der Waals surface area (Å²) in [5.74, 6) is -0.993. The summed E-state index contributed by atoms with van der Waals surface area (Å²) in [6.45, 7) is 1.77. The lowest BCUT2D eigenvalue weighted by Crippen LogP contribution is -2.20. The summed E-state index contributed by atoms with van der Waals surface area (Å²) in [6.07, 6.45) is 1.11.